The number of cyclic esters (lactones) is 1. The second-order valence-electron chi connectivity index (χ2n) is 9.40. The minimum Gasteiger partial charge on any atom is -0.510 e. The van der Waals surface area contributed by atoms with Gasteiger partial charge in [0.1, 0.15) is 15.6 Å². The number of benzene rings is 2. The van der Waals surface area contributed by atoms with Gasteiger partial charge in [-0.1, -0.05) is 56.3 Å². The van der Waals surface area contributed by atoms with Crippen LogP contribution in [0.5, 0.6) is 0 Å². The largest absolute Gasteiger partial charge is 0.510 e. The van der Waals surface area contributed by atoms with Crippen molar-refractivity contribution in [2.45, 2.75) is 49.8 Å². The van der Waals surface area contributed by atoms with Crippen LogP contribution >= 0.6 is 11.3 Å². The summed E-state index contributed by atoms with van der Waals surface area (Å²) in [5.41, 5.74) is 1.32. The molecule has 37 heavy (non-hydrogen) atoms. The van der Waals surface area contributed by atoms with Gasteiger partial charge < -0.3 is 14.7 Å². The van der Waals surface area contributed by atoms with E-state index in [-0.39, 0.29) is 28.0 Å². The zero-order valence-corrected chi connectivity index (χ0v) is 22.8. The highest BCUT2D eigenvalue weighted by Gasteiger charge is 2.45. The van der Waals surface area contributed by atoms with Crippen LogP contribution in [0.1, 0.15) is 39.2 Å². The molecule has 0 spiro atoms. The first-order valence-electron chi connectivity index (χ1n) is 12.3. The monoisotopic (exact) mass is 540 g/mol. The van der Waals surface area contributed by atoms with Crippen molar-refractivity contribution in [2.24, 2.45) is 5.92 Å². The summed E-state index contributed by atoms with van der Waals surface area (Å²) in [6.07, 6.45) is 1.52. The highest BCUT2D eigenvalue weighted by molar-refractivity contribution is 7.94. The summed E-state index contributed by atoms with van der Waals surface area (Å²) in [5, 5.41) is 12.9. The molecule has 1 aliphatic heterocycles. The lowest BCUT2D eigenvalue weighted by molar-refractivity contribution is -0.166. The molecule has 3 aromatic rings. The average Bonchev–Trinajstić information content (AvgIpc) is 3.42. The standard InChI is InChI=1S/C28H32N2O5S2/c1-4-30(23-13-8-12-22(18-23)29-37(33,34)25-14-9-17-36-25)26-24(31)19-28(20(2)3,35-27(26)32)16-15-21-10-6-5-7-11-21/h5-14,17-18,20,29,31H,4,15-16,19H2,1-3H3. The molecule has 1 aromatic heterocycles. The van der Waals surface area contributed by atoms with Gasteiger partial charge in [-0.2, -0.15) is 0 Å². The summed E-state index contributed by atoms with van der Waals surface area (Å²) >= 11 is 1.13. The Morgan fingerprint density at radius 3 is 2.49 bits per heavy atom. The third-order valence-electron chi connectivity index (χ3n) is 6.72. The van der Waals surface area contributed by atoms with E-state index in [9.17, 15) is 18.3 Å². The number of anilines is 2. The molecule has 0 saturated carbocycles. The number of carbonyl (C=O) groups is 1. The smallest absolute Gasteiger partial charge is 0.359 e. The van der Waals surface area contributed by atoms with Gasteiger partial charge in [0, 0.05) is 18.7 Å². The third-order valence-corrected chi connectivity index (χ3v) is 9.50. The zero-order chi connectivity index (χ0) is 26.6. The molecule has 4 rings (SSSR count). The maximum absolute atomic E-state index is 13.4. The number of nitrogens with one attached hydrogen (secondary N) is 1. The average molecular weight is 541 g/mol. The van der Waals surface area contributed by atoms with E-state index in [1.165, 1.54) is 6.07 Å². The van der Waals surface area contributed by atoms with Gasteiger partial charge >= 0.3 is 5.97 Å². The van der Waals surface area contributed by atoms with Crippen molar-refractivity contribution in [3.63, 3.8) is 0 Å². The number of hydrogen-bond donors (Lipinski definition) is 2. The first-order chi connectivity index (χ1) is 17.6. The first-order valence-corrected chi connectivity index (χ1v) is 14.6. The Morgan fingerprint density at radius 2 is 1.86 bits per heavy atom. The van der Waals surface area contributed by atoms with E-state index >= 15 is 0 Å². The lowest BCUT2D eigenvalue weighted by atomic mass is 9.79. The molecule has 0 amide bonds. The molecule has 1 aliphatic rings. The molecular formula is C28H32N2O5S2. The Kier molecular flexibility index (Phi) is 7.94. The minimum absolute atomic E-state index is 0.00563. The van der Waals surface area contributed by atoms with E-state index in [2.05, 4.69) is 4.72 Å². The predicted octanol–water partition coefficient (Wildman–Crippen LogP) is 6.12. The Labute approximate surface area is 222 Å². The topological polar surface area (TPSA) is 95.9 Å². The normalized spacial score (nSPS) is 18.1. The maximum Gasteiger partial charge on any atom is 0.359 e. The van der Waals surface area contributed by atoms with Crippen LogP contribution < -0.4 is 9.62 Å². The van der Waals surface area contributed by atoms with Crippen molar-refractivity contribution in [3.05, 3.63) is 89.1 Å². The number of esters is 1. The van der Waals surface area contributed by atoms with Crippen LogP contribution in [0.15, 0.2) is 87.8 Å². The van der Waals surface area contributed by atoms with Crippen LogP contribution in [0.3, 0.4) is 0 Å². The van der Waals surface area contributed by atoms with E-state index in [1.54, 1.807) is 40.6 Å². The van der Waals surface area contributed by atoms with Gasteiger partial charge in [-0.25, -0.2) is 13.2 Å². The third kappa shape index (κ3) is 5.83. The number of likely N-dealkylation sites (N-methyl/N-ethyl adjacent to an activating group) is 1. The van der Waals surface area contributed by atoms with Gasteiger partial charge in [0.2, 0.25) is 0 Å². The van der Waals surface area contributed by atoms with Gasteiger partial charge in [0.05, 0.1) is 5.69 Å². The number of aliphatic hydroxyl groups excluding tert-OH is 1. The fraction of sp³-hybridized carbons (Fsp3) is 0.321. The number of rotatable bonds is 10. The summed E-state index contributed by atoms with van der Waals surface area (Å²) < 4.78 is 34.3. The SMILES string of the molecule is CCN(C1=C(O)CC(CCc2ccccc2)(C(C)C)OC1=O)c1cccc(NS(=O)(=O)c2cccs2)c1. The van der Waals surface area contributed by atoms with E-state index in [0.29, 0.717) is 24.3 Å². The van der Waals surface area contributed by atoms with E-state index < -0.39 is 21.6 Å². The molecule has 2 N–H and O–H groups in total. The van der Waals surface area contributed by atoms with Crippen LogP contribution in [0.4, 0.5) is 11.4 Å². The maximum atomic E-state index is 13.4. The lowest BCUT2D eigenvalue weighted by Crippen LogP contribution is -2.47. The summed E-state index contributed by atoms with van der Waals surface area (Å²) in [6.45, 7) is 6.22. The Balaban J connectivity index is 1.60. The van der Waals surface area contributed by atoms with Gasteiger partial charge in [-0.15, -0.1) is 11.3 Å². The van der Waals surface area contributed by atoms with Crippen molar-refractivity contribution in [3.8, 4) is 0 Å². The highest BCUT2D eigenvalue weighted by atomic mass is 32.2. The molecule has 7 nitrogen and oxygen atoms in total. The second-order valence-corrected chi connectivity index (χ2v) is 12.3. The van der Waals surface area contributed by atoms with Crippen LogP contribution in [0, 0.1) is 5.92 Å². The molecule has 0 saturated heterocycles. The van der Waals surface area contributed by atoms with Crippen LogP contribution in [-0.2, 0) is 26.0 Å². The molecule has 0 bridgehead atoms. The number of nitrogens with zero attached hydrogens (tertiary/aromatic N) is 1. The molecule has 0 aliphatic carbocycles. The molecule has 2 heterocycles. The molecule has 1 atom stereocenters. The number of thiophene rings is 1. The highest BCUT2D eigenvalue weighted by Crippen LogP contribution is 2.40. The second kappa shape index (κ2) is 11.0. The number of hydrogen-bond acceptors (Lipinski definition) is 7. The van der Waals surface area contributed by atoms with E-state index in [0.717, 1.165) is 23.3 Å². The minimum atomic E-state index is -3.72. The number of carbonyl (C=O) groups excluding carboxylic acids is 1. The van der Waals surface area contributed by atoms with Gasteiger partial charge in [-0.3, -0.25) is 4.72 Å². The predicted molar refractivity (Wildman–Crippen MR) is 147 cm³/mol. The van der Waals surface area contributed by atoms with Crippen molar-refractivity contribution in [2.75, 3.05) is 16.2 Å². The fourth-order valence-corrected chi connectivity index (χ4v) is 6.64. The molecular weight excluding hydrogens is 508 g/mol. The molecule has 2 aromatic carbocycles. The molecule has 1 unspecified atom stereocenters. The summed E-state index contributed by atoms with van der Waals surface area (Å²) in [4.78, 5) is 15.0. The summed E-state index contributed by atoms with van der Waals surface area (Å²) in [7, 11) is -3.72. The Bertz CT molecular complexity index is 1370. The van der Waals surface area contributed by atoms with Crippen molar-refractivity contribution in [1.29, 1.82) is 0 Å². The van der Waals surface area contributed by atoms with E-state index in [1.807, 2.05) is 51.1 Å². The summed E-state index contributed by atoms with van der Waals surface area (Å²) in [5.74, 6) is -0.615. The van der Waals surface area contributed by atoms with Crippen molar-refractivity contribution < 1.29 is 23.1 Å². The molecule has 0 radical (unpaired) electrons. The van der Waals surface area contributed by atoms with Gasteiger partial charge in [0.25, 0.3) is 10.0 Å². The van der Waals surface area contributed by atoms with Crippen molar-refractivity contribution >= 4 is 38.7 Å². The first kappa shape index (κ1) is 26.8. The van der Waals surface area contributed by atoms with Crippen molar-refractivity contribution in [1.82, 2.24) is 0 Å². The number of ether oxygens (including phenoxy) is 1. The quantitative estimate of drug-likeness (QED) is 0.301. The molecule has 196 valence electrons. The summed E-state index contributed by atoms with van der Waals surface area (Å²) in [6, 6.07) is 20.0. The number of aryl methyl sites for hydroxylation is 1. The Hall–Kier alpha value is -3.30. The lowest BCUT2D eigenvalue weighted by Gasteiger charge is -2.42. The zero-order valence-electron chi connectivity index (χ0n) is 21.2. The van der Waals surface area contributed by atoms with E-state index in [4.69, 9.17) is 4.74 Å². The van der Waals surface area contributed by atoms with Crippen LogP contribution in [0.25, 0.3) is 0 Å². The Morgan fingerprint density at radius 1 is 1.11 bits per heavy atom. The van der Waals surface area contributed by atoms with Crippen LogP contribution in [0.2, 0.25) is 0 Å². The number of aliphatic hydroxyl groups is 1. The van der Waals surface area contributed by atoms with Crippen LogP contribution in [-0.4, -0.2) is 31.6 Å². The molecule has 0 fully saturated rings. The van der Waals surface area contributed by atoms with Gasteiger partial charge in [0.15, 0.2) is 5.70 Å². The molecule has 9 heteroatoms. The number of sulfonamides is 1. The van der Waals surface area contributed by atoms with Gasteiger partial charge in [-0.05, 0) is 60.9 Å². The fourth-order valence-electron chi connectivity index (χ4n) is 4.60.